The average molecular weight is 490 g/mol. The molecular formula is C30H35NO5. The lowest BCUT2D eigenvalue weighted by Gasteiger charge is -2.23. The summed E-state index contributed by atoms with van der Waals surface area (Å²) in [6.07, 6.45) is -0.855. The van der Waals surface area contributed by atoms with Gasteiger partial charge in [-0.1, -0.05) is 40.5 Å². The molecule has 3 rings (SSSR count). The Balaban J connectivity index is 1.94. The predicted octanol–water partition coefficient (Wildman–Crippen LogP) is 5.78. The number of aliphatic hydroxyl groups is 1. The van der Waals surface area contributed by atoms with Gasteiger partial charge in [0.05, 0.1) is 17.2 Å². The third kappa shape index (κ3) is 7.51. The summed E-state index contributed by atoms with van der Waals surface area (Å²) < 4.78 is 11.4. The van der Waals surface area contributed by atoms with Crippen molar-refractivity contribution in [3.8, 4) is 11.5 Å². The van der Waals surface area contributed by atoms with Crippen molar-refractivity contribution >= 4 is 11.9 Å². The smallest absolute Gasteiger partial charge is 0.343 e. The number of benzene rings is 3. The van der Waals surface area contributed by atoms with Crippen molar-refractivity contribution in [1.82, 2.24) is 5.32 Å². The van der Waals surface area contributed by atoms with Crippen LogP contribution in [-0.2, 0) is 0 Å². The van der Waals surface area contributed by atoms with Crippen LogP contribution in [0.15, 0.2) is 54.6 Å². The largest absolute Gasteiger partial charge is 0.419 e. The zero-order valence-corrected chi connectivity index (χ0v) is 22.1. The van der Waals surface area contributed by atoms with E-state index in [2.05, 4.69) is 5.32 Å². The molecule has 1 atom stereocenters. The zero-order valence-electron chi connectivity index (χ0n) is 22.1. The summed E-state index contributed by atoms with van der Waals surface area (Å²) in [7, 11) is 0. The fraction of sp³-hybridized carbons (Fsp3) is 0.333. The van der Waals surface area contributed by atoms with Crippen LogP contribution in [0.5, 0.6) is 11.5 Å². The number of hydrogen-bond acceptors (Lipinski definition) is 6. The molecule has 0 unspecified atom stereocenters. The lowest BCUT2D eigenvalue weighted by atomic mass is 10.1. The van der Waals surface area contributed by atoms with Crippen molar-refractivity contribution in [3.05, 3.63) is 93.5 Å². The molecule has 2 N–H and O–H groups in total. The van der Waals surface area contributed by atoms with Gasteiger partial charge in [0.1, 0.15) is 0 Å². The molecule has 36 heavy (non-hydrogen) atoms. The van der Waals surface area contributed by atoms with E-state index in [9.17, 15) is 14.7 Å². The van der Waals surface area contributed by atoms with Gasteiger partial charge in [-0.05, 0) is 90.4 Å². The number of ether oxygens (including phenoxy) is 2. The molecule has 0 bridgehead atoms. The number of β-amino-alcohol motifs (C(OH)–C–C–N with tert-alkyl or cyclic N) is 1. The Hall–Kier alpha value is -3.48. The first-order chi connectivity index (χ1) is 16.8. The molecule has 0 aliphatic rings. The Morgan fingerprint density at radius 3 is 1.64 bits per heavy atom. The van der Waals surface area contributed by atoms with Crippen LogP contribution in [0.1, 0.15) is 75.4 Å². The van der Waals surface area contributed by atoms with E-state index in [-0.39, 0.29) is 17.0 Å². The highest BCUT2D eigenvalue weighted by molar-refractivity contribution is 5.93. The quantitative estimate of drug-likeness (QED) is 0.323. The Morgan fingerprint density at radius 2 is 1.19 bits per heavy atom. The second-order valence-corrected chi connectivity index (χ2v) is 10.4. The van der Waals surface area contributed by atoms with Crippen LogP contribution in [-0.4, -0.2) is 29.1 Å². The maximum atomic E-state index is 13.0. The molecule has 0 heterocycles. The molecule has 0 spiro atoms. The van der Waals surface area contributed by atoms with Crippen molar-refractivity contribution in [2.45, 2.75) is 60.1 Å². The highest BCUT2D eigenvalue weighted by Gasteiger charge is 2.21. The Kier molecular flexibility index (Phi) is 8.33. The molecule has 3 aromatic carbocycles. The maximum Gasteiger partial charge on any atom is 0.343 e. The Labute approximate surface area is 213 Å². The highest BCUT2D eigenvalue weighted by Crippen LogP contribution is 2.32. The molecule has 0 amide bonds. The number of aryl methyl sites for hydroxylation is 4. The average Bonchev–Trinajstić information content (AvgIpc) is 2.76. The van der Waals surface area contributed by atoms with Crippen LogP contribution in [0.4, 0.5) is 0 Å². The van der Waals surface area contributed by atoms with E-state index in [1.54, 1.807) is 42.5 Å². The molecule has 0 aromatic heterocycles. The standard InChI is InChI=1S/C30H35NO5/c1-18-10-19(2)13-23(12-18)28(33)35-26-9-8-22(25(32)17-31-30(5,6)7)16-27(26)36-29(34)24-14-20(3)11-21(4)15-24/h8-16,25,31-32H,17H2,1-7H3/t25-/m0/s1. The Morgan fingerprint density at radius 1 is 0.750 bits per heavy atom. The van der Waals surface area contributed by atoms with Crippen molar-refractivity contribution in [2.24, 2.45) is 0 Å². The van der Waals surface area contributed by atoms with E-state index in [1.165, 1.54) is 0 Å². The van der Waals surface area contributed by atoms with Crippen molar-refractivity contribution in [1.29, 1.82) is 0 Å². The van der Waals surface area contributed by atoms with E-state index < -0.39 is 18.0 Å². The fourth-order valence-electron chi connectivity index (χ4n) is 3.92. The van der Waals surface area contributed by atoms with E-state index in [1.807, 2.05) is 60.6 Å². The lowest BCUT2D eigenvalue weighted by Crippen LogP contribution is -2.38. The van der Waals surface area contributed by atoms with Gasteiger partial charge in [0, 0.05) is 12.1 Å². The second-order valence-electron chi connectivity index (χ2n) is 10.4. The summed E-state index contributed by atoms with van der Waals surface area (Å²) in [5.74, 6) is -0.987. The SMILES string of the molecule is Cc1cc(C)cc(C(=O)Oc2ccc([C@@H](O)CNC(C)(C)C)cc2OC(=O)c2cc(C)cc(C)c2)c1. The maximum absolute atomic E-state index is 13.0. The number of rotatable bonds is 7. The van der Waals surface area contributed by atoms with Crippen LogP contribution in [0, 0.1) is 27.7 Å². The molecule has 190 valence electrons. The van der Waals surface area contributed by atoms with Gasteiger partial charge in [0.25, 0.3) is 0 Å². The van der Waals surface area contributed by atoms with Gasteiger partial charge in [0.15, 0.2) is 11.5 Å². The summed E-state index contributed by atoms with van der Waals surface area (Å²) in [6, 6.07) is 15.6. The van der Waals surface area contributed by atoms with Crippen molar-refractivity contribution < 1.29 is 24.2 Å². The van der Waals surface area contributed by atoms with Crippen LogP contribution < -0.4 is 14.8 Å². The number of aliphatic hydroxyl groups excluding tert-OH is 1. The number of hydrogen-bond donors (Lipinski definition) is 2. The third-order valence-corrected chi connectivity index (χ3v) is 5.50. The minimum absolute atomic E-state index is 0.0594. The highest BCUT2D eigenvalue weighted by atomic mass is 16.6. The minimum Gasteiger partial charge on any atom is -0.419 e. The Bertz CT molecular complexity index is 1230. The summed E-state index contributed by atoms with van der Waals surface area (Å²) in [5, 5.41) is 14.0. The molecule has 0 aliphatic heterocycles. The number of esters is 2. The number of carbonyl (C=O) groups excluding carboxylic acids is 2. The molecule has 0 saturated heterocycles. The third-order valence-electron chi connectivity index (χ3n) is 5.50. The van der Waals surface area contributed by atoms with Crippen molar-refractivity contribution in [3.63, 3.8) is 0 Å². The summed E-state index contributed by atoms with van der Waals surface area (Å²) in [4.78, 5) is 25.9. The van der Waals surface area contributed by atoms with Gasteiger partial charge >= 0.3 is 11.9 Å². The number of nitrogens with one attached hydrogen (secondary N) is 1. The minimum atomic E-state index is -0.855. The van der Waals surface area contributed by atoms with Crippen LogP contribution in [0.3, 0.4) is 0 Å². The molecule has 0 fully saturated rings. The van der Waals surface area contributed by atoms with Gasteiger partial charge < -0.3 is 19.9 Å². The second kappa shape index (κ2) is 11.1. The molecule has 6 nitrogen and oxygen atoms in total. The van der Waals surface area contributed by atoms with E-state index in [0.717, 1.165) is 22.3 Å². The van der Waals surface area contributed by atoms with Gasteiger partial charge in [-0.3, -0.25) is 0 Å². The lowest BCUT2D eigenvalue weighted by molar-refractivity contribution is 0.0681. The van der Waals surface area contributed by atoms with Crippen LogP contribution in [0.2, 0.25) is 0 Å². The van der Waals surface area contributed by atoms with Crippen LogP contribution in [0.25, 0.3) is 0 Å². The molecule has 0 aliphatic carbocycles. The first-order valence-electron chi connectivity index (χ1n) is 12.0. The topological polar surface area (TPSA) is 84.9 Å². The van der Waals surface area contributed by atoms with Gasteiger partial charge in [-0.2, -0.15) is 0 Å². The first-order valence-corrected chi connectivity index (χ1v) is 12.0. The molecule has 6 heteroatoms. The van der Waals surface area contributed by atoms with E-state index in [0.29, 0.717) is 23.2 Å². The van der Waals surface area contributed by atoms with Crippen molar-refractivity contribution in [2.75, 3.05) is 6.54 Å². The van der Waals surface area contributed by atoms with Gasteiger partial charge in [-0.15, -0.1) is 0 Å². The first kappa shape index (κ1) is 27.1. The molecule has 0 radical (unpaired) electrons. The summed E-state index contributed by atoms with van der Waals surface area (Å²) >= 11 is 0. The normalized spacial score (nSPS) is 12.2. The van der Waals surface area contributed by atoms with Gasteiger partial charge in [0.2, 0.25) is 0 Å². The number of carbonyl (C=O) groups is 2. The van der Waals surface area contributed by atoms with E-state index in [4.69, 9.17) is 9.47 Å². The van der Waals surface area contributed by atoms with Crippen LogP contribution >= 0.6 is 0 Å². The molecular weight excluding hydrogens is 454 g/mol. The summed E-state index contributed by atoms with van der Waals surface area (Å²) in [5.41, 5.74) is 4.88. The van der Waals surface area contributed by atoms with Gasteiger partial charge in [-0.25, -0.2) is 9.59 Å². The summed E-state index contributed by atoms with van der Waals surface area (Å²) in [6.45, 7) is 13.9. The fourth-order valence-corrected chi connectivity index (χ4v) is 3.92. The predicted molar refractivity (Wildman–Crippen MR) is 141 cm³/mol. The van der Waals surface area contributed by atoms with E-state index >= 15 is 0 Å². The zero-order chi connectivity index (χ0) is 26.6. The molecule has 3 aromatic rings. The monoisotopic (exact) mass is 489 g/mol. The molecule has 0 saturated carbocycles.